The van der Waals surface area contributed by atoms with Gasteiger partial charge in [-0.25, -0.2) is 0 Å². The van der Waals surface area contributed by atoms with Crippen molar-refractivity contribution in [3.8, 4) is 0 Å². The van der Waals surface area contributed by atoms with Gasteiger partial charge < -0.3 is 5.32 Å². The predicted molar refractivity (Wildman–Crippen MR) is 73.4 cm³/mol. The van der Waals surface area contributed by atoms with Crippen LogP contribution in [0.25, 0.3) is 0 Å². The summed E-state index contributed by atoms with van der Waals surface area (Å²) in [5, 5.41) is 3.78. The van der Waals surface area contributed by atoms with Crippen LogP contribution in [0.4, 0.5) is 5.69 Å². The van der Waals surface area contributed by atoms with E-state index >= 15 is 0 Å². The second kappa shape index (κ2) is 3.76. The van der Waals surface area contributed by atoms with Crippen molar-refractivity contribution in [2.75, 3.05) is 5.32 Å². The molecule has 1 N–H and O–H groups in total. The molecule has 0 radical (unpaired) electrons. The van der Waals surface area contributed by atoms with Gasteiger partial charge in [-0.1, -0.05) is 45.4 Å². The average Bonchev–Trinajstić information content (AvgIpc) is 2.28. The molecule has 92 valence electrons. The summed E-state index contributed by atoms with van der Waals surface area (Å²) in [6.07, 6.45) is 4.11. The van der Waals surface area contributed by atoms with Gasteiger partial charge in [-0.2, -0.15) is 0 Å². The highest BCUT2D eigenvalue weighted by atomic mass is 15.0. The largest absolute Gasteiger partial charge is 0.382 e. The number of nitrogens with one attached hydrogen (secondary N) is 1. The summed E-state index contributed by atoms with van der Waals surface area (Å²) < 4.78 is 0. The van der Waals surface area contributed by atoms with Gasteiger partial charge in [0.2, 0.25) is 0 Å². The van der Waals surface area contributed by atoms with Crippen LogP contribution in [0.2, 0.25) is 0 Å². The van der Waals surface area contributed by atoms with E-state index in [1.54, 1.807) is 0 Å². The zero-order valence-electron chi connectivity index (χ0n) is 11.2. The van der Waals surface area contributed by atoms with Crippen molar-refractivity contribution >= 4 is 5.69 Å². The summed E-state index contributed by atoms with van der Waals surface area (Å²) in [7, 11) is 0. The van der Waals surface area contributed by atoms with Crippen molar-refractivity contribution in [3.05, 3.63) is 29.8 Å². The van der Waals surface area contributed by atoms with E-state index in [-0.39, 0.29) is 0 Å². The van der Waals surface area contributed by atoms with Crippen LogP contribution in [0, 0.1) is 11.8 Å². The van der Waals surface area contributed by atoms with E-state index in [0.29, 0.717) is 11.5 Å². The molecule has 0 bridgehead atoms. The van der Waals surface area contributed by atoms with Crippen molar-refractivity contribution in [3.63, 3.8) is 0 Å². The Bertz CT molecular complexity index is 421. The number of fused-ring (bicyclic) bond motifs is 2. The molecule has 1 aromatic rings. The maximum atomic E-state index is 3.78. The smallest absolute Gasteiger partial charge is 0.0380 e. The third-order valence-electron chi connectivity index (χ3n) is 5.00. The van der Waals surface area contributed by atoms with E-state index in [1.165, 1.54) is 30.5 Å². The van der Waals surface area contributed by atoms with Crippen LogP contribution >= 0.6 is 0 Å². The van der Waals surface area contributed by atoms with Gasteiger partial charge >= 0.3 is 0 Å². The third-order valence-corrected chi connectivity index (χ3v) is 5.00. The Labute approximate surface area is 105 Å². The summed E-state index contributed by atoms with van der Waals surface area (Å²) in [6, 6.07) is 9.55. The van der Waals surface area contributed by atoms with Crippen molar-refractivity contribution in [1.29, 1.82) is 0 Å². The highest BCUT2D eigenvalue weighted by Gasteiger charge is 2.44. The first-order valence-corrected chi connectivity index (χ1v) is 6.95. The summed E-state index contributed by atoms with van der Waals surface area (Å²) >= 11 is 0. The molecular formula is C16H23N. The van der Waals surface area contributed by atoms with Crippen LogP contribution in [0.15, 0.2) is 24.3 Å². The first-order valence-electron chi connectivity index (χ1n) is 6.95. The van der Waals surface area contributed by atoms with Crippen molar-refractivity contribution in [2.45, 2.75) is 51.5 Å². The highest BCUT2D eigenvalue weighted by molar-refractivity contribution is 5.58. The van der Waals surface area contributed by atoms with E-state index in [0.717, 1.165) is 11.8 Å². The fourth-order valence-corrected chi connectivity index (χ4v) is 3.97. The molecule has 2 aliphatic rings. The molecule has 1 heterocycles. The van der Waals surface area contributed by atoms with Crippen molar-refractivity contribution in [1.82, 2.24) is 0 Å². The molecule has 3 atom stereocenters. The number of anilines is 1. The number of hydrogen-bond acceptors (Lipinski definition) is 1. The van der Waals surface area contributed by atoms with Crippen LogP contribution in [0.1, 0.15) is 45.6 Å². The predicted octanol–water partition coefficient (Wildman–Crippen LogP) is 4.19. The first kappa shape index (κ1) is 11.1. The molecule has 0 spiro atoms. The van der Waals surface area contributed by atoms with E-state index in [2.05, 4.69) is 50.4 Å². The lowest BCUT2D eigenvalue weighted by Gasteiger charge is -2.49. The first-order chi connectivity index (χ1) is 8.09. The van der Waals surface area contributed by atoms with Crippen LogP contribution in [0.3, 0.4) is 0 Å². The lowest BCUT2D eigenvalue weighted by molar-refractivity contribution is 0.174. The molecule has 0 amide bonds. The Balaban J connectivity index is 2.03. The van der Waals surface area contributed by atoms with Crippen LogP contribution in [0.5, 0.6) is 0 Å². The SMILES string of the molecule is C[C@H]1CC[C@@H]2[C@@H](C1)Nc1ccccc1C2(C)C. The van der Waals surface area contributed by atoms with Gasteiger partial charge in [0.25, 0.3) is 0 Å². The van der Waals surface area contributed by atoms with Crippen LogP contribution < -0.4 is 5.32 Å². The quantitative estimate of drug-likeness (QED) is 0.703. The zero-order valence-corrected chi connectivity index (χ0v) is 11.2. The number of benzene rings is 1. The van der Waals surface area contributed by atoms with Crippen molar-refractivity contribution in [2.24, 2.45) is 11.8 Å². The Hall–Kier alpha value is -0.980. The maximum absolute atomic E-state index is 3.78. The second-order valence-electron chi connectivity index (χ2n) is 6.54. The van der Waals surface area contributed by atoms with Gasteiger partial charge in [-0.15, -0.1) is 0 Å². The van der Waals surface area contributed by atoms with Crippen molar-refractivity contribution < 1.29 is 0 Å². The molecule has 1 aromatic carbocycles. The van der Waals surface area contributed by atoms with E-state index in [1.807, 2.05) is 0 Å². The fraction of sp³-hybridized carbons (Fsp3) is 0.625. The van der Waals surface area contributed by atoms with Gasteiger partial charge in [0.15, 0.2) is 0 Å². The molecule has 1 heteroatoms. The molecule has 1 aliphatic heterocycles. The number of rotatable bonds is 0. The second-order valence-corrected chi connectivity index (χ2v) is 6.54. The van der Waals surface area contributed by atoms with Gasteiger partial charge in [0, 0.05) is 11.7 Å². The lowest BCUT2D eigenvalue weighted by atomic mass is 9.61. The molecule has 1 fully saturated rings. The minimum absolute atomic E-state index is 0.326. The Kier molecular flexibility index (Phi) is 2.46. The van der Waals surface area contributed by atoms with Gasteiger partial charge in [0.05, 0.1) is 0 Å². The van der Waals surface area contributed by atoms with Crippen LogP contribution in [-0.4, -0.2) is 6.04 Å². The van der Waals surface area contributed by atoms with Crippen LogP contribution in [-0.2, 0) is 5.41 Å². The molecule has 1 aliphatic carbocycles. The Morgan fingerprint density at radius 3 is 2.76 bits per heavy atom. The minimum atomic E-state index is 0.326. The molecule has 0 saturated heterocycles. The van der Waals surface area contributed by atoms with E-state index in [9.17, 15) is 0 Å². The monoisotopic (exact) mass is 229 g/mol. The summed E-state index contributed by atoms with van der Waals surface area (Å²) in [5.74, 6) is 1.68. The summed E-state index contributed by atoms with van der Waals surface area (Å²) in [6.45, 7) is 7.26. The molecule has 0 aromatic heterocycles. The highest BCUT2D eigenvalue weighted by Crippen LogP contribution is 2.48. The Morgan fingerprint density at radius 2 is 1.94 bits per heavy atom. The minimum Gasteiger partial charge on any atom is -0.382 e. The maximum Gasteiger partial charge on any atom is 0.0380 e. The van der Waals surface area contributed by atoms with Gasteiger partial charge in [0.1, 0.15) is 0 Å². The topological polar surface area (TPSA) is 12.0 Å². The third kappa shape index (κ3) is 1.67. The zero-order chi connectivity index (χ0) is 12.0. The average molecular weight is 229 g/mol. The number of para-hydroxylation sites is 1. The summed E-state index contributed by atoms with van der Waals surface area (Å²) in [4.78, 5) is 0. The molecule has 1 nitrogen and oxygen atoms in total. The molecule has 3 rings (SSSR count). The molecule has 1 saturated carbocycles. The van der Waals surface area contributed by atoms with Gasteiger partial charge in [-0.3, -0.25) is 0 Å². The number of hydrogen-bond donors (Lipinski definition) is 1. The summed E-state index contributed by atoms with van der Waals surface area (Å²) in [5.41, 5.74) is 3.20. The standard InChI is InChI=1S/C16H23N/c1-11-8-9-13-15(10-11)17-14-7-5-4-6-12(14)16(13,2)3/h4-7,11,13,15,17H,8-10H2,1-3H3/t11-,13+,15+/m0/s1. The Morgan fingerprint density at radius 1 is 1.18 bits per heavy atom. The molecule has 17 heavy (non-hydrogen) atoms. The van der Waals surface area contributed by atoms with Gasteiger partial charge in [-0.05, 0) is 41.7 Å². The fourth-order valence-electron chi connectivity index (χ4n) is 3.97. The normalized spacial score (nSPS) is 34.4. The van der Waals surface area contributed by atoms with E-state index in [4.69, 9.17) is 0 Å². The van der Waals surface area contributed by atoms with E-state index < -0.39 is 0 Å². The molecule has 0 unspecified atom stereocenters. The lowest BCUT2D eigenvalue weighted by Crippen LogP contribution is -2.48. The molecular weight excluding hydrogens is 206 g/mol.